The topological polar surface area (TPSA) is 58.6 Å². The molecule has 0 aromatic carbocycles. The third-order valence-electron chi connectivity index (χ3n) is 3.46. The van der Waals surface area contributed by atoms with Crippen LogP contribution in [0.25, 0.3) is 0 Å². The Morgan fingerprint density at radius 1 is 1.59 bits per heavy atom. The van der Waals surface area contributed by atoms with Gasteiger partial charge in [-0.2, -0.15) is 0 Å². The predicted octanol–water partition coefficient (Wildman–Crippen LogP) is 0.148. The lowest BCUT2D eigenvalue weighted by Gasteiger charge is -2.36. The Morgan fingerprint density at radius 3 is 3.06 bits per heavy atom. The van der Waals surface area contributed by atoms with Gasteiger partial charge in [0.1, 0.15) is 6.61 Å². The van der Waals surface area contributed by atoms with Crippen molar-refractivity contribution in [1.82, 2.24) is 10.2 Å². The number of hydrogen-bond acceptors (Lipinski definition) is 3. The van der Waals surface area contributed by atoms with Crippen LogP contribution in [0.3, 0.4) is 0 Å². The Morgan fingerprint density at radius 2 is 2.35 bits per heavy atom. The van der Waals surface area contributed by atoms with Crippen molar-refractivity contribution in [1.29, 1.82) is 0 Å². The van der Waals surface area contributed by atoms with Gasteiger partial charge in [-0.1, -0.05) is 0 Å². The number of carbonyl (C=O) groups is 2. The van der Waals surface area contributed by atoms with Crippen molar-refractivity contribution >= 4 is 11.8 Å². The van der Waals surface area contributed by atoms with Gasteiger partial charge in [0.2, 0.25) is 11.8 Å². The highest BCUT2D eigenvalue weighted by molar-refractivity contribution is 5.85. The van der Waals surface area contributed by atoms with E-state index in [1.54, 1.807) is 0 Å². The molecule has 0 bridgehead atoms. The van der Waals surface area contributed by atoms with E-state index >= 15 is 0 Å². The molecule has 2 heterocycles. The van der Waals surface area contributed by atoms with Crippen LogP contribution in [-0.4, -0.2) is 48.6 Å². The molecular weight excluding hydrogens is 220 g/mol. The van der Waals surface area contributed by atoms with Crippen LogP contribution in [-0.2, 0) is 14.3 Å². The molecule has 2 aliphatic heterocycles. The maximum atomic E-state index is 12.0. The number of likely N-dealkylation sites (tertiary alicyclic amines) is 1. The monoisotopic (exact) mass is 240 g/mol. The molecule has 2 amide bonds. The maximum Gasteiger partial charge on any atom is 0.248 e. The van der Waals surface area contributed by atoms with Gasteiger partial charge < -0.3 is 15.0 Å². The Labute approximate surface area is 101 Å². The first-order chi connectivity index (χ1) is 8.09. The molecule has 5 nitrogen and oxygen atoms in total. The van der Waals surface area contributed by atoms with Gasteiger partial charge in [0.15, 0.2) is 0 Å². The number of piperidine rings is 1. The van der Waals surface area contributed by atoms with Crippen molar-refractivity contribution in [2.45, 2.75) is 38.8 Å². The maximum absolute atomic E-state index is 12.0. The molecule has 1 N–H and O–H groups in total. The van der Waals surface area contributed by atoms with Gasteiger partial charge in [0.25, 0.3) is 0 Å². The molecule has 2 aliphatic rings. The van der Waals surface area contributed by atoms with E-state index in [9.17, 15) is 9.59 Å². The average Bonchev–Trinajstić information content (AvgIpc) is 2.68. The second-order valence-electron chi connectivity index (χ2n) is 5.01. The quantitative estimate of drug-likeness (QED) is 0.764. The lowest BCUT2D eigenvalue weighted by Crippen LogP contribution is -2.50. The summed E-state index contributed by atoms with van der Waals surface area (Å²) in [4.78, 5) is 25.4. The molecule has 2 unspecified atom stereocenters. The van der Waals surface area contributed by atoms with Crippen molar-refractivity contribution < 1.29 is 14.3 Å². The van der Waals surface area contributed by atoms with E-state index in [4.69, 9.17) is 4.74 Å². The van der Waals surface area contributed by atoms with Crippen LogP contribution in [0.4, 0.5) is 0 Å². The predicted molar refractivity (Wildman–Crippen MR) is 62.3 cm³/mol. The van der Waals surface area contributed by atoms with E-state index in [-0.39, 0.29) is 36.5 Å². The minimum Gasteiger partial charge on any atom is -0.369 e. The van der Waals surface area contributed by atoms with E-state index in [1.807, 2.05) is 18.7 Å². The second kappa shape index (κ2) is 5.04. The Hall–Kier alpha value is -1.10. The van der Waals surface area contributed by atoms with Crippen molar-refractivity contribution in [3.05, 3.63) is 0 Å². The lowest BCUT2D eigenvalue weighted by atomic mass is 9.91. The van der Waals surface area contributed by atoms with Gasteiger partial charge in [-0.05, 0) is 26.7 Å². The van der Waals surface area contributed by atoms with Crippen LogP contribution in [0.2, 0.25) is 0 Å². The summed E-state index contributed by atoms with van der Waals surface area (Å²) in [7, 11) is 0. The number of amides is 2. The second-order valence-corrected chi connectivity index (χ2v) is 5.01. The fourth-order valence-electron chi connectivity index (χ4n) is 2.58. The zero-order chi connectivity index (χ0) is 12.4. The van der Waals surface area contributed by atoms with Gasteiger partial charge >= 0.3 is 0 Å². The molecule has 0 aromatic heterocycles. The van der Waals surface area contributed by atoms with Crippen molar-refractivity contribution in [2.75, 3.05) is 19.7 Å². The standard InChI is InChI=1S/C12H20N2O3/c1-8(2)17-7-11(15)14-5-3-4-9-10(14)6-13-12(9)16/h8-10H,3-7H2,1-2H3,(H,13,16). The van der Waals surface area contributed by atoms with E-state index in [0.717, 1.165) is 19.4 Å². The van der Waals surface area contributed by atoms with Gasteiger partial charge in [0.05, 0.1) is 18.1 Å². The fourth-order valence-corrected chi connectivity index (χ4v) is 2.58. The first-order valence-corrected chi connectivity index (χ1v) is 6.28. The summed E-state index contributed by atoms with van der Waals surface area (Å²) in [5, 5.41) is 2.84. The molecule has 5 heteroatoms. The molecular formula is C12H20N2O3. The number of rotatable bonds is 3. The van der Waals surface area contributed by atoms with Gasteiger partial charge in [0, 0.05) is 13.1 Å². The van der Waals surface area contributed by atoms with Crippen LogP contribution in [0.15, 0.2) is 0 Å². The Kier molecular flexibility index (Phi) is 3.66. The Balaban J connectivity index is 1.95. The SMILES string of the molecule is CC(C)OCC(=O)N1CCCC2C(=O)NCC21. The highest BCUT2D eigenvalue weighted by Gasteiger charge is 2.42. The van der Waals surface area contributed by atoms with Crippen molar-refractivity contribution in [3.8, 4) is 0 Å². The summed E-state index contributed by atoms with van der Waals surface area (Å²) >= 11 is 0. The summed E-state index contributed by atoms with van der Waals surface area (Å²) in [6.07, 6.45) is 1.86. The van der Waals surface area contributed by atoms with Gasteiger partial charge in [-0.25, -0.2) is 0 Å². The normalized spacial score (nSPS) is 28.2. The summed E-state index contributed by atoms with van der Waals surface area (Å²) in [6, 6.07) is 0.0412. The first-order valence-electron chi connectivity index (χ1n) is 6.28. The number of fused-ring (bicyclic) bond motifs is 1. The molecule has 0 aromatic rings. The van der Waals surface area contributed by atoms with Gasteiger partial charge in [-0.15, -0.1) is 0 Å². The first kappa shape index (κ1) is 12.4. The largest absolute Gasteiger partial charge is 0.369 e. The minimum atomic E-state index is -0.00764. The molecule has 2 atom stereocenters. The molecule has 2 fully saturated rings. The highest BCUT2D eigenvalue weighted by Crippen LogP contribution is 2.27. The number of ether oxygens (including phenoxy) is 1. The fraction of sp³-hybridized carbons (Fsp3) is 0.833. The summed E-state index contributed by atoms with van der Waals surface area (Å²) in [5.74, 6) is 0.0916. The Bertz CT molecular complexity index is 317. The van der Waals surface area contributed by atoms with Crippen LogP contribution in [0.1, 0.15) is 26.7 Å². The minimum absolute atomic E-state index is 0.00454. The summed E-state index contributed by atoms with van der Waals surface area (Å²) in [6.45, 7) is 5.28. The van der Waals surface area contributed by atoms with Crippen LogP contribution in [0, 0.1) is 5.92 Å². The van der Waals surface area contributed by atoms with Crippen LogP contribution >= 0.6 is 0 Å². The van der Waals surface area contributed by atoms with Crippen LogP contribution < -0.4 is 5.32 Å². The third-order valence-corrected chi connectivity index (χ3v) is 3.46. The van der Waals surface area contributed by atoms with Gasteiger partial charge in [-0.3, -0.25) is 9.59 Å². The number of nitrogens with zero attached hydrogens (tertiary/aromatic N) is 1. The van der Waals surface area contributed by atoms with E-state index < -0.39 is 0 Å². The molecule has 96 valence electrons. The van der Waals surface area contributed by atoms with Crippen molar-refractivity contribution in [3.63, 3.8) is 0 Å². The average molecular weight is 240 g/mol. The van der Waals surface area contributed by atoms with E-state index in [1.165, 1.54) is 0 Å². The van der Waals surface area contributed by atoms with Crippen molar-refractivity contribution in [2.24, 2.45) is 5.92 Å². The molecule has 2 rings (SSSR count). The van der Waals surface area contributed by atoms with E-state index in [0.29, 0.717) is 6.54 Å². The van der Waals surface area contributed by atoms with E-state index in [2.05, 4.69) is 5.32 Å². The number of nitrogens with one attached hydrogen (secondary N) is 1. The highest BCUT2D eigenvalue weighted by atomic mass is 16.5. The zero-order valence-corrected chi connectivity index (χ0v) is 10.4. The third kappa shape index (κ3) is 2.60. The summed E-state index contributed by atoms with van der Waals surface area (Å²) in [5.41, 5.74) is 0. The zero-order valence-electron chi connectivity index (χ0n) is 10.4. The smallest absolute Gasteiger partial charge is 0.248 e. The van der Waals surface area contributed by atoms with Crippen LogP contribution in [0.5, 0.6) is 0 Å². The lowest BCUT2D eigenvalue weighted by molar-refractivity contribution is -0.142. The molecule has 0 saturated carbocycles. The summed E-state index contributed by atoms with van der Waals surface area (Å²) < 4.78 is 5.34. The molecule has 0 spiro atoms. The molecule has 2 saturated heterocycles. The number of hydrogen-bond donors (Lipinski definition) is 1. The molecule has 0 radical (unpaired) electrons. The number of carbonyl (C=O) groups excluding carboxylic acids is 2. The molecule has 0 aliphatic carbocycles. The molecule has 17 heavy (non-hydrogen) atoms.